The molecule has 0 radical (unpaired) electrons. The Morgan fingerprint density at radius 3 is 2.52 bits per heavy atom. The Kier molecular flexibility index (Phi) is 12.0. The van der Waals surface area contributed by atoms with Gasteiger partial charge in [0.05, 0.1) is 13.2 Å². The molecule has 1 fully saturated rings. The fraction of sp³-hybridized carbons (Fsp3) is 0.579. The fourth-order valence-corrected chi connectivity index (χ4v) is 3.03. The van der Waals surface area contributed by atoms with E-state index in [1.165, 1.54) is 12.1 Å². The molecule has 1 saturated heterocycles. The third-order valence-corrected chi connectivity index (χ3v) is 4.57. The van der Waals surface area contributed by atoms with E-state index in [9.17, 15) is 13.6 Å². The standard InChI is InChI=1S/C19H29F2N5O2.HI/c1-22-19(24-6-5-15-3-4-16(20)13-17(15)21)26-10-8-25(9-11-26)14-18(27)23-7-12-28-2;/h3-4,13H,5-12,14H2,1-2H3,(H,22,24)(H,23,27);1H. The number of nitrogens with one attached hydrogen (secondary N) is 2. The number of guanidine groups is 1. The maximum Gasteiger partial charge on any atom is 0.234 e. The molecule has 2 rings (SSSR count). The van der Waals surface area contributed by atoms with Crippen molar-refractivity contribution in [1.29, 1.82) is 0 Å². The predicted molar refractivity (Wildman–Crippen MR) is 120 cm³/mol. The van der Waals surface area contributed by atoms with E-state index in [2.05, 4.69) is 25.4 Å². The van der Waals surface area contributed by atoms with E-state index in [0.29, 0.717) is 38.2 Å². The average Bonchev–Trinajstić information content (AvgIpc) is 2.68. The molecule has 0 unspecified atom stereocenters. The third kappa shape index (κ3) is 8.79. The molecule has 0 saturated carbocycles. The maximum atomic E-state index is 13.7. The van der Waals surface area contributed by atoms with Crippen molar-refractivity contribution in [2.45, 2.75) is 6.42 Å². The Labute approximate surface area is 187 Å². The minimum atomic E-state index is -0.574. The first kappa shape index (κ1) is 25.5. The molecule has 1 aromatic carbocycles. The van der Waals surface area contributed by atoms with Crippen LogP contribution in [0.2, 0.25) is 0 Å². The summed E-state index contributed by atoms with van der Waals surface area (Å²) in [4.78, 5) is 20.4. The molecule has 1 aromatic rings. The summed E-state index contributed by atoms with van der Waals surface area (Å²) in [5.74, 6) is -0.370. The summed E-state index contributed by atoms with van der Waals surface area (Å²) < 4.78 is 31.6. The number of ether oxygens (including phenoxy) is 1. The molecule has 164 valence electrons. The van der Waals surface area contributed by atoms with Crippen molar-refractivity contribution >= 4 is 35.8 Å². The van der Waals surface area contributed by atoms with Gasteiger partial charge in [0.15, 0.2) is 5.96 Å². The number of carbonyl (C=O) groups is 1. The average molecular weight is 525 g/mol. The second-order valence-corrected chi connectivity index (χ2v) is 6.57. The first-order valence-corrected chi connectivity index (χ1v) is 9.41. The summed E-state index contributed by atoms with van der Waals surface area (Å²) in [5, 5.41) is 6.04. The molecular formula is C19H30F2IN5O2. The lowest BCUT2D eigenvalue weighted by Crippen LogP contribution is -2.54. The molecule has 1 aliphatic heterocycles. The Morgan fingerprint density at radius 2 is 1.90 bits per heavy atom. The number of rotatable bonds is 8. The maximum absolute atomic E-state index is 13.7. The van der Waals surface area contributed by atoms with Gasteiger partial charge in [-0.15, -0.1) is 24.0 Å². The van der Waals surface area contributed by atoms with Crippen LogP contribution in [0.3, 0.4) is 0 Å². The van der Waals surface area contributed by atoms with Crippen molar-refractivity contribution < 1.29 is 18.3 Å². The number of methoxy groups -OCH3 is 1. The molecular weight excluding hydrogens is 495 g/mol. The van der Waals surface area contributed by atoms with E-state index >= 15 is 0 Å². The highest BCUT2D eigenvalue weighted by molar-refractivity contribution is 14.0. The lowest BCUT2D eigenvalue weighted by molar-refractivity contribution is -0.122. The van der Waals surface area contributed by atoms with Crippen LogP contribution >= 0.6 is 24.0 Å². The fourth-order valence-electron chi connectivity index (χ4n) is 3.03. The van der Waals surface area contributed by atoms with E-state index in [1.54, 1.807) is 14.2 Å². The first-order valence-electron chi connectivity index (χ1n) is 9.41. The minimum Gasteiger partial charge on any atom is -0.383 e. The van der Waals surface area contributed by atoms with Crippen molar-refractivity contribution in [2.75, 3.05) is 66.6 Å². The number of nitrogens with zero attached hydrogens (tertiary/aromatic N) is 3. The number of hydrogen-bond acceptors (Lipinski definition) is 4. The van der Waals surface area contributed by atoms with Gasteiger partial charge >= 0.3 is 0 Å². The normalized spacial score (nSPS) is 15.0. The van der Waals surface area contributed by atoms with Gasteiger partial charge in [0.25, 0.3) is 0 Å². The van der Waals surface area contributed by atoms with Crippen LogP contribution in [0.4, 0.5) is 8.78 Å². The van der Waals surface area contributed by atoms with Gasteiger partial charge in [-0.1, -0.05) is 6.07 Å². The number of piperazine rings is 1. The summed E-state index contributed by atoms with van der Waals surface area (Å²) in [7, 11) is 3.30. The van der Waals surface area contributed by atoms with Gasteiger partial charge in [-0.25, -0.2) is 8.78 Å². The summed E-state index contributed by atoms with van der Waals surface area (Å²) in [5.41, 5.74) is 0.466. The summed E-state index contributed by atoms with van der Waals surface area (Å²) >= 11 is 0. The molecule has 0 spiro atoms. The van der Waals surface area contributed by atoms with Crippen LogP contribution in [0.25, 0.3) is 0 Å². The van der Waals surface area contributed by atoms with Gasteiger partial charge in [-0.2, -0.15) is 0 Å². The topological polar surface area (TPSA) is 69.2 Å². The smallest absolute Gasteiger partial charge is 0.234 e. The Balaban J connectivity index is 0.00000420. The highest BCUT2D eigenvalue weighted by atomic mass is 127. The van der Waals surface area contributed by atoms with Gasteiger partial charge in [-0.05, 0) is 18.1 Å². The third-order valence-electron chi connectivity index (χ3n) is 4.57. The van der Waals surface area contributed by atoms with Gasteiger partial charge < -0.3 is 20.3 Å². The van der Waals surface area contributed by atoms with E-state index in [0.717, 1.165) is 38.2 Å². The Morgan fingerprint density at radius 1 is 1.17 bits per heavy atom. The van der Waals surface area contributed by atoms with E-state index in [1.807, 2.05) is 0 Å². The minimum absolute atomic E-state index is 0. The van der Waals surface area contributed by atoms with Gasteiger partial charge in [-0.3, -0.25) is 14.7 Å². The zero-order chi connectivity index (χ0) is 20.4. The number of amides is 1. The molecule has 0 aromatic heterocycles. The second kappa shape index (κ2) is 13.6. The molecule has 1 amide bonds. The molecule has 0 aliphatic carbocycles. The Bertz CT molecular complexity index is 670. The molecule has 0 bridgehead atoms. The first-order chi connectivity index (χ1) is 13.5. The van der Waals surface area contributed by atoms with Crippen molar-refractivity contribution in [2.24, 2.45) is 4.99 Å². The number of aliphatic imine (C=N–C) groups is 1. The monoisotopic (exact) mass is 525 g/mol. The number of halogens is 3. The highest BCUT2D eigenvalue weighted by Gasteiger charge is 2.21. The van der Waals surface area contributed by atoms with Crippen molar-refractivity contribution in [3.05, 3.63) is 35.4 Å². The highest BCUT2D eigenvalue weighted by Crippen LogP contribution is 2.10. The zero-order valence-corrected chi connectivity index (χ0v) is 19.2. The van der Waals surface area contributed by atoms with Gasteiger partial charge in [0, 0.05) is 59.5 Å². The zero-order valence-electron chi connectivity index (χ0n) is 16.9. The molecule has 7 nitrogen and oxygen atoms in total. The number of carbonyl (C=O) groups excluding carboxylic acids is 1. The van der Waals surface area contributed by atoms with Crippen LogP contribution in [-0.2, 0) is 16.0 Å². The van der Waals surface area contributed by atoms with Crippen molar-refractivity contribution in [3.8, 4) is 0 Å². The van der Waals surface area contributed by atoms with Crippen LogP contribution in [0.5, 0.6) is 0 Å². The molecule has 0 atom stereocenters. The van der Waals surface area contributed by atoms with E-state index < -0.39 is 11.6 Å². The van der Waals surface area contributed by atoms with Gasteiger partial charge in [0.1, 0.15) is 11.6 Å². The lowest BCUT2D eigenvalue weighted by Gasteiger charge is -2.36. The van der Waals surface area contributed by atoms with Crippen molar-refractivity contribution in [3.63, 3.8) is 0 Å². The van der Waals surface area contributed by atoms with Crippen LogP contribution in [0.15, 0.2) is 23.2 Å². The quantitative estimate of drug-likeness (QED) is 0.230. The summed E-state index contributed by atoms with van der Waals surface area (Å²) in [6, 6.07) is 3.62. The van der Waals surface area contributed by atoms with Crippen LogP contribution < -0.4 is 10.6 Å². The second-order valence-electron chi connectivity index (χ2n) is 6.57. The van der Waals surface area contributed by atoms with E-state index in [4.69, 9.17) is 4.74 Å². The lowest BCUT2D eigenvalue weighted by atomic mass is 10.1. The largest absolute Gasteiger partial charge is 0.383 e. The summed E-state index contributed by atoms with van der Waals surface area (Å²) in [6.07, 6.45) is 0.437. The predicted octanol–water partition coefficient (Wildman–Crippen LogP) is 1.08. The van der Waals surface area contributed by atoms with E-state index in [-0.39, 0.29) is 29.9 Å². The molecule has 1 aliphatic rings. The summed E-state index contributed by atoms with van der Waals surface area (Å²) in [6.45, 7) is 4.89. The molecule has 29 heavy (non-hydrogen) atoms. The van der Waals surface area contributed by atoms with Crippen molar-refractivity contribution in [1.82, 2.24) is 20.4 Å². The molecule has 2 N–H and O–H groups in total. The van der Waals surface area contributed by atoms with Crippen LogP contribution in [-0.4, -0.2) is 88.2 Å². The SMILES string of the molecule is CN=C(NCCc1ccc(F)cc1F)N1CCN(CC(=O)NCCOC)CC1.I. The molecule has 10 heteroatoms. The number of benzene rings is 1. The van der Waals surface area contributed by atoms with Crippen LogP contribution in [0.1, 0.15) is 5.56 Å². The van der Waals surface area contributed by atoms with Gasteiger partial charge in [0.2, 0.25) is 5.91 Å². The molecule has 1 heterocycles. The van der Waals surface area contributed by atoms with Crippen LogP contribution in [0, 0.1) is 11.6 Å². The Hall–Kier alpha value is -1.53. The number of hydrogen-bond donors (Lipinski definition) is 2.